The number of likely N-dealkylation sites (tertiary alicyclic amines) is 1. The van der Waals surface area contributed by atoms with E-state index < -0.39 is 45.5 Å². The van der Waals surface area contributed by atoms with Crippen molar-refractivity contribution in [2.24, 2.45) is 35.0 Å². The van der Waals surface area contributed by atoms with Crippen LogP contribution in [0.2, 0.25) is 0 Å². The first-order valence-corrected chi connectivity index (χ1v) is 16.4. The number of carbonyl (C=O) groups excluding carboxylic acids is 4. The van der Waals surface area contributed by atoms with Gasteiger partial charge in [0.05, 0.1) is 6.04 Å². The smallest absolute Gasteiger partial charge is 0.746 e. The minimum atomic E-state index is -5.21. The van der Waals surface area contributed by atoms with E-state index in [1.165, 1.54) is 4.90 Å². The predicted molar refractivity (Wildman–Crippen MR) is 148 cm³/mol. The molecule has 2 aliphatic heterocycles. The van der Waals surface area contributed by atoms with Gasteiger partial charge in [-0.2, -0.15) is 0 Å². The molecule has 232 valence electrons. The van der Waals surface area contributed by atoms with Crippen LogP contribution in [0.3, 0.4) is 0 Å². The van der Waals surface area contributed by atoms with Crippen molar-refractivity contribution in [2.75, 3.05) is 13.1 Å². The molecule has 0 aromatic heterocycles. The molecule has 0 bridgehead atoms. The zero-order valence-electron chi connectivity index (χ0n) is 25.4. The van der Waals surface area contributed by atoms with Gasteiger partial charge in [-0.25, -0.2) is 8.42 Å². The maximum absolute atomic E-state index is 14.1. The molecule has 0 spiro atoms. The summed E-state index contributed by atoms with van der Waals surface area (Å²) in [5.74, 6) is -2.34. The summed E-state index contributed by atoms with van der Waals surface area (Å²) < 4.78 is 35.3. The van der Waals surface area contributed by atoms with Gasteiger partial charge in [-0.3, -0.25) is 19.2 Å². The standard InChI is InChI=1S/C28H46N4O8S.Na/c1-15(2)12-20(33)31-22(16-8-6-5-7-9-16)26(36)32-14-18-21(28(18,3)4)23(32)25(35)30-19(27(37)41(38,39)40)13-17-10-11-29-24(17)34;/h15-19,21-23,27,37H,5-14H2,1-4H3,(H,29,34)(H,30,35)(H,31,33)(H,38,39,40);/q;+1/p-1/t17-,18-,19-,21-,22-,23-,27?;/m0./s1. The van der Waals surface area contributed by atoms with Crippen LogP contribution in [0.4, 0.5) is 0 Å². The molecule has 4 amide bonds. The van der Waals surface area contributed by atoms with E-state index in [2.05, 4.69) is 16.0 Å². The van der Waals surface area contributed by atoms with Crippen molar-refractivity contribution < 1.29 is 66.8 Å². The molecule has 4 N–H and O–H groups in total. The van der Waals surface area contributed by atoms with Crippen molar-refractivity contribution in [1.82, 2.24) is 20.9 Å². The predicted octanol–water partition coefficient (Wildman–Crippen LogP) is -2.54. The molecule has 4 fully saturated rings. The van der Waals surface area contributed by atoms with Crippen LogP contribution in [0.1, 0.15) is 79.1 Å². The summed E-state index contributed by atoms with van der Waals surface area (Å²) in [5.41, 5.74) is -2.69. The summed E-state index contributed by atoms with van der Waals surface area (Å²) in [4.78, 5) is 54.5. The number of carbonyl (C=O) groups is 4. The summed E-state index contributed by atoms with van der Waals surface area (Å²) in [6.45, 7) is 8.55. The van der Waals surface area contributed by atoms with Gasteiger partial charge in [0.2, 0.25) is 23.6 Å². The number of aliphatic hydroxyl groups excluding tert-OH is 1. The van der Waals surface area contributed by atoms with Gasteiger partial charge < -0.3 is 30.5 Å². The van der Waals surface area contributed by atoms with Gasteiger partial charge in [0, 0.05) is 25.4 Å². The third kappa shape index (κ3) is 7.69. The molecular formula is C28H45N4NaO8S. The van der Waals surface area contributed by atoms with Crippen LogP contribution < -0.4 is 45.5 Å². The van der Waals surface area contributed by atoms with Crippen molar-refractivity contribution in [2.45, 2.75) is 103 Å². The first-order chi connectivity index (χ1) is 19.1. The van der Waals surface area contributed by atoms with E-state index in [1.807, 2.05) is 27.7 Å². The zero-order chi connectivity index (χ0) is 30.3. The van der Waals surface area contributed by atoms with Crippen molar-refractivity contribution in [1.29, 1.82) is 0 Å². The van der Waals surface area contributed by atoms with E-state index in [-0.39, 0.29) is 89.2 Å². The monoisotopic (exact) mass is 620 g/mol. The molecule has 12 nitrogen and oxygen atoms in total. The van der Waals surface area contributed by atoms with Crippen LogP contribution in [0.5, 0.6) is 0 Å². The quantitative estimate of drug-likeness (QED) is 0.144. The Morgan fingerprint density at radius 1 is 1.12 bits per heavy atom. The first-order valence-electron chi connectivity index (χ1n) is 14.9. The summed E-state index contributed by atoms with van der Waals surface area (Å²) in [6, 6.07) is -3.25. The van der Waals surface area contributed by atoms with Gasteiger partial charge >= 0.3 is 29.6 Å². The van der Waals surface area contributed by atoms with Crippen molar-refractivity contribution in [3.8, 4) is 0 Å². The minimum Gasteiger partial charge on any atom is -0.746 e. The third-order valence-electron chi connectivity index (χ3n) is 9.73. The number of nitrogens with one attached hydrogen (secondary N) is 3. The fourth-order valence-corrected chi connectivity index (χ4v) is 7.92. The summed E-state index contributed by atoms with van der Waals surface area (Å²) in [6.07, 6.45) is 4.98. The van der Waals surface area contributed by atoms with E-state index in [1.54, 1.807) is 0 Å². The van der Waals surface area contributed by atoms with Crippen LogP contribution in [0.15, 0.2) is 0 Å². The number of rotatable bonds is 11. The Labute approximate surface area is 270 Å². The summed E-state index contributed by atoms with van der Waals surface area (Å²) in [5, 5.41) is 18.5. The number of aliphatic hydroxyl groups is 1. The maximum Gasteiger partial charge on any atom is 1.00 e. The average molecular weight is 621 g/mol. The zero-order valence-corrected chi connectivity index (χ0v) is 28.2. The van der Waals surface area contributed by atoms with Gasteiger partial charge in [0.25, 0.3) is 0 Å². The van der Waals surface area contributed by atoms with E-state index in [4.69, 9.17) is 0 Å². The molecule has 1 unspecified atom stereocenters. The number of piperidine rings is 1. The molecule has 2 saturated carbocycles. The average Bonchev–Trinajstić information content (AvgIpc) is 3.24. The Hall–Kier alpha value is -1.25. The van der Waals surface area contributed by atoms with Crippen LogP contribution >= 0.6 is 0 Å². The summed E-state index contributed by atoms with van der Waals surface area (Å²) in [7, 11) is -5.21. The van der Waals surface area contributed by atoms with E-state index in [0.29, 0.717) is 19.5 Å². The van der Waals surface area contributed by atoms with E-state index in [0.717, 1.165) is 32.1 Å². The topological polar surface area (TPSA) is 185 Å². The minimum absolute atomic E-state index is 0. The molecule has 4 aliphatic rings. The molecule has 2 saturated heterocycles. The molecular weight excluding hydrogens is 575 g/mol. The SMILES string of the molecule is CC(C)CC(=O)N[C@H](C(=O)N1C[C@H]2[C@@H]([C@H]1C(=O)N[C@@H](C[C@@H]1CCNC1=O)C(O)S(=O)(=O)[O-])C2(C)C)C1CCCCC1.[Na+]. The molecule has 0 aromatic carbocycles. The van der Waals surface area contributed by atoms with Gasteiger partial charge in [-0.1, -0.05) is 47.0 Å². The van der Waals surface area contributed by atoms with Crippen LogP contribution in [0, 0.1) is 35.0 Å². The van der Waals surface area contributed by atoms with E-state index in [9.17, 15) is 37.3 Å². The fourth-order valence-electron chi connectivity index (χ4n) is 7.34. The van der Waals surface area contributed by atoms with Crippen molar-refractivity contribution >= 4 is 33.7 Å². The number of hydrogen-bond donors (Lipinski definition) is 4. The molecule has 0 radical (unpaired) electrons. The molecule has 2 aliphatic carbocycles. The normalized spacial score (nSPS) is 29.1. The fraction of sp³-hybridized carbons (Fsp3) is 0.857. The van der Waals surface area contributed by atoms with Crippen LogP contribution in [-0.4, -0.2) is 83.3 Å². The second-order valence-electron chi connectivity index (χ2n) is 13.4. The van der Waals surface area contributed by atoms with Crippen molar-refractivity contribution in [3.05, 3.63) is 0 Å². The third-order valence-corrected chi connectivity index (χ3v) is 10.6. The van der Waals surface area contributed by atoms with Gasteiger partial charge in [-0.15, -0.1) is 0 Å². The van der Waals surface area contributed by atoms with Gasteiger partial charge in [0.15, 0.2) is 5.44 Å². The molecule has 7 atom stereocenters. The van der Waals surface area contributed by atoms with Crippen LogP contribution in [-0.2, 0) is 29.3 Å². The molecule has 2 heterocycles. The number of amides is 4. The number of hydrogen-bond acceptors (Lipinski definition) is 8. The molecule has 42 heavy (non-hydrogen) atoms. The Kier molecular flexibility index (Phi) is 11.6. The number of fused-ring (bicyclic) bond motifs is 1. The molecule has 4 rings (SSSR count). The Morgan fingerprint density at radius 3 is 2.31 bits per heavy atom. The van der Waals surface area contributed by atoms with Crippen molar-refractivity contribution in [3.63, 3.8) is 0 Å². The molecule has 0 aromatic rings. The Balaban J connectivity index is 0.00000484. The van der Waals surface area contributed by atoms with Gasteiger partial charge in [-0.05, 0) is 54.8 Å². The second kappa shape index (κ2) is 13.8. The first kappa shape index (κ1) is 35.2. The maximum atomic E-state index is 14.1. The Bertz CT molecular complexity index is 1140. The largest absolute Gasteiger partial charge is 1.00 e. The number of nitrogens with zero attached hydrogens (tertiary/aromatic N) is 1. The van der Waals surface area contributed by atoms with Crippen LogP contribution in [0.25, 0.3) is 0 Å². The Morgan fingerprint density at radius 2 is 1.76 bits per heavy atom. The van der Waals surface area contributed by atoms with Gasteiger partial charge in [0.1, 0.15) is 22.2 Å². The summed E-state index contributed by atoms with van der Waals surface area (Å²) >= 11 is 0. The second-order valence-corrected chi connectivity index (χ2v) is 14.9. The molecule has 14 heteroatoms. The van der Waals surface area contributed by atoms with E-state index >= 15 is 0 Å².